The minimum Gasteiger partial charge on any atom is -0.444 e. The van der Waals surface area contributed by atoms with Gasteiger partial charge >= 0.3 is 6.09 Å². The van der Waals surface area contributed by atoms with Gasteiger partial charge in [0.25, 0.3) is 0 Å². The third-order valence-corrected chi connectivity index (χ3v) is 2.64. The number of amides is 1. The third-order valence-electron chi connectivity index (χ3n) is 2.64. The molecule has 0 unspecified atom stereocenters. The van der Waals surface area contributed by atoms with E-state index < -0.39 is 0 Å². The van der Waals surface area contributed by atoms with Gasteiger partial charge in [0.15, 0.2) is 0 Å². The van der Waals surface area contributed by atoms with Crippen LogP contribution in [0.1, 0.15) is 25.8 Å². The molecule has 2 rings (SSSR count). The lowest BCUT2D eigenvalue weighted by atomic mass is 10.2. The average molecular weight is 258 g/mol. The summed E-state index contributed by atoms with van der Waals surface area (Å²) >= 11 is 0. The first-order chi connectivity index (χ1) is 9.16. The molecule has 19 heavy (non-hydrogen) atoms. The first-order valence-electron chi connectivity index (χ1n) is 6.40. The molecule has 0 bridgehead atoms. The van der Waals surface area contributed by atoms with Crippen LogP contribution in [0.5, 0.6) is 0 Å². The predicted octanol–water partition coefficient (Wildman–Crippen LogP) is 3.35. The van der Waals surface area contributed by atoms with Crippen molar-refractivity contribution in [1.29, 1.82) is 0 Å². The summed E-state index contributed by atoms with van der Waals surface area (Å²) in [5.74, 6) is 0.744. The zero-order valence-corrected chi connectivity index (χ0v) is 11.2. The molecule has 1 aliphatic rings. The molecular weight excluding hydrogens is 240 g/mol. The van der Waals surface area contributed by atoms with Crippen LogP contribution < -0.4 is 0 Å². The average Bonchev–Trinajstić information content (AvgIpc) is 2.84. The van der Waals surface area contributed by atoms with Crippen molar-refractivity contribution in [3.8, 4) is 0 Å². The zero-order chi connectivity index (χ0) is 13.7. The second kappa shape index (κ2) is 6.18. The molecule has 0 saturated carbocycles. The Morgan fingerprint density at radius 3 is 2.79 bits per heavy atom. The molecule has 1 amide bonds. The summed E-state index contributed by atoms with van der Waals surface area (Å²) in [5.41, 5.74) is 0.973. The van der Waals surface area contributed by atoms with Crippen LogP contribution in [-0.4, -0.2) is 22.9 Å². The van der Waals surface area contributed by atoms with Crippen LogP contribution in [0, 0.1) is 0 Å². The fourth-order valence-electron chi connectivity index (χ4n) is 1.82. The largest absolute Gasteiger partial charge is 0.444 e. The lowest BCUT2D eigenvalue weighted by Gasteiger charge is -2.16. The number of hydrogen-bond donors (Lipinski definition) is 0. The number of carbonyl (C=O) groups is 1. The van der Waals surface area contributed by atoms with E-state index in [-0.39, 0.29) is 18.7 Å². The predicted molar refractivity (Wildman–Crippen MR) is 74.8 cm³/mol. The highest BCUT2D eigenvalue weighted by atomic mass is 16.6. The van der Waals surface area contributed by atoms with Gasteiger partial charge in [-0.05, 0) is 19.4 Å². The summed E-state index contributed by atoms with van der Waals surface area (Å²) in [5, 5.41) is 0. The van der Waals surface area contributed by atoms with Gasteiger partial charge in [0.2, 0.25) is 0 Å². The van der Waals surface area contributed by atoms with Crippen molar-refractivity contribution >= 4 is 11.9 Å². The van der Waals surface area contributed by atoms with Crippen molar-refractivity contribution in [2.24, 2.45) is 4.99 Å². The molecule has 4 nitrogen and oxygen atoms in total. The van der Waals surface area contributed by atoms with E-state index >= 15 is 0 Å². The molecule has 0 atom stereocenters. The monoisotopic (exact) mass is 258 g/mol. The summed E-state index contributed by atoms with van der Waals surface area (Å²) in [6.07, 6.45) is 3.93. The maximum Gasteiger partial charge on any atom is 0.419 e. The van der Waals surface area contributed by atoms with Crippen molar-refractivity contribution < 1.29 is 9.53 Å². The molecule has 100 valence electrons. The highest BCUT2D eigenvalue weighted by molar-refractivity contribution is 5.99. The van der Waals surface area contributed by atoms with E-state index in [1.807, 2.05) is 50.3 Å². The highest BCUT2D eigenvalue weighted by Gasteiger charge is 2.22. The second-order valence-electron chi connectivity index (χ2n) is 4.64. The van der Waals surface area contributed by atoms with E-state index in [0.717, 1.165) is 11.4 Å². The Morgan fingerprint density at radius 1 is 1.37 bits per heavy atom. The molecule has 1 aromatic carbocycles. The number of amidine groups is 1. The van der Waals surface area contributed by atoms with Gasteiger partial charge in [-0.2, -0.15) is 0 Å². The number of ether oxygens (including phenoxy) is 1. The fraction of sp³-hybridized carbons (Fsp3) is 0.333. The number of hydrogen-bond acceptors (Lipinski definition) is 3. The first-order valence-corrected chi connectivity index (χ1v) is 6.40. The molecular formula is C15H18N2O2. The second-order valence-corrected chi connectivity index (χ2v) is 4.64. The maximum atomic E-state index is 12.0. The van der Waals surface area contributed by atoms with Gasteiger partial charge in [-0.1, -0.05) is 36.4 Å². The smallest absolute Gasteiger partial charge is 0.419 e. The van der Waals surface area contributed by atoms with Gasteiger partial charge in [-0.3, -0.25) is 4.99 Å². The van der Waals surface area contributed by atoms with Crippen LogP contribution in [0.3, 0.4) is 0 Å². The summed E-state index contributed by atoms with van der Waals surface area (Å²) in [6.45, 7) is 4.25. The quantitative estimate of drug-likeness (QED) is 0.834. The molecule has 0 N–H and O–H groups in total. The van der Waals surface area contributed by atoms with Crippen molar-refractivity contribution in [3.63, 3.8) is 0 Å². The summed E-state index contributed by atoms with van der Waals surface area (Å²) in [7, 11) is 0. The van der Waals surface area contributed by atoms with Gasteiger partial charge in [0.05, 0.1) is 0 Å². The molecule has 0 saturated heterocycles. The lowest BCUT2D eigenvalue weighted by molar-refractivity contribution is 0.125. The highest BCUT2D eigenvalue weighted by Crippen LogP contribution is 2.13. The van der Waals surface area contributed by atoms with Gasteiger partial charge in [-0.15, -0.1) is 0 Å². The van der Waals surface area contributed by atoms with E-state index in [1.54, 1.807) is 6.20 Å². The zero-order valence-electron chi connectivity index (χ0n) is 11.2. The van der Waals surface area contributed by atoms with Crippen LogP contribution in [0.25, 0.3) is 0 Å². The van der Waals surface area contributed by atoms with Crippen LogP contribution in [0.15, 0.2) is 47.6 Å². The standard InChI is InChI=1S/C15H18N2O2/c1-12(2)16-14-9-6-10-17(14)15(18)19-11-13-7-4-3-5-8-13/h3-8,10,12H,9,11H2,1-2H3. The number of nitrogens with zero attached hydrogens (tertiary/aromatic N) is 2. The van der Waals surface area contributed by atoms with Gasteiger partial charge in [0, 0.05) is 18.7 Å². The molecule has 1 aliphatic heterocycles. The van der Waals surface area contributed by atoms with Gasteiger partial charge < -0.3 is 4.74 Å². The summed E-state index contributed by atoms with van der Waals surface area (Å²) < 4.78 is 5.28. The van der Waals surface area contributed by atoms with Crippen LogP contribution >= 0.6 is 0 Å². The lowest BCUT2D eigenvalue weighted by Crippen LogP contribution is -2.30. The molecule has 1 heterocycles. The Balaban J connectivity index is 1.94. The Kier molecular flexibility index (Phi) is 4.34. The number of carbonyl (C=O) groups excluding carboxylic acids is 1. The van der Waals surface area contributed by atoms with Crippen molar-refractivity contribution in [2.45, 2.75) is 32.9 Å². The third kappa shape index (κ3) is 3.68. The molecule has 4 heteroatoms. The van der Waals surface area contributed by atoms with Crippen LogP contribution in [-0.2, 0) is 11.3 Å². The Morgan fingerprint density at radius 2 is 2.11 bits per heavy atom. The maximum absolute atomic E-state index is 12.0. The van der Waals surface area contributed by atoms with E-state index in [4.69, 9.17) is 4.74 Å². The van der Waals surface area contributed by atoms with Crippen molar-refractivity contribution in [1.82, 2.24) is 4.90 Å². The van der Waals surface area contributed by atoms with E-state index in [1.165, 1.54) is 4.90 Å². The van der Waals surface area contributed by atoms with Gasteiger partial charge in [-0.25, -0.2) is 9.69 Å². The molecule has 0 spiro atoms. The minimum absolute atomic E-state index is 0.166. The number of aliphatic imine (C=N–C) groups is 1. The number of rotatable bonds is 3. The molecule has 1 aromatic rings. The minimum atomic E-state index is -0.378. The van der Waals surface area contributed by atoms with E-state index in [2.05, 4.69) is 4.99 Å². The van der Waals surface area contributed by atoms with E-state index in [0.29, 0.717) is 6.42 Å². The molecule has 0 aromatic heterocycles. The van der Waals surface area contributed by atoms with Crippen molar-refractivity contribution in [2.75, 3.05) is 0 Å². The fourth-order valence-corrected chi connectivity index (χ4v) is 1.82. The molecule has 0 aliphatic carbocycles. The summed E-state index contributed by atoms with van der Waals surface area (Å²) in [4.78, 5) is 17.9. The number of benzene rings is 1. The molecule has 0 fully saturated rings. The summed E-state index contributed by atoms with van der Waals surface area (Å²) in [6, 6.07) is 9.79. The SMILES string of the molecule is CC(C)N=C1CC=CN1C(=O)OCc1ccccc1. The van der Waals surface area contributed by atoms with Crippen molar-refractivity contribution in [3.05, 3.63) is 48.2 Å². The topological polar surface area (TPSA) is 41.9 Å². The normalized spacial score (nSPS) is 16.4. The van der Waals surface area contributed by atoms with Crippen LogP contribution in [0.2, 0.25) is 0 Å². The van der Waals surface area contributed by atoms with Crippen LogP contribution in [0.4, 0.5) is 4.79 Å². The Labute approximate surface area is 113 Å². The Bertz CT molecular complexity index is 492. The van der Waals surface area contributed by atoms with Gasteiger partial charge in [0.1, 0.15) is 12.4 Å². The van der Waals surface area contributed by atoms with E-state index in [9.17, 15) is 4.79 Å². The first kappa shape index (κ1) is 13.3. The Hall–Kier alpha value is -2.10. The molecule has 0 radical (unpaired) electrons.